The van der Waals surface area contributed by atoms with Gasteiger partial charge in [-0.25, -0.2) is 9.97 Å². The first-order chi connectivity index (χ1) is 18.2. The van der Waals surface area contributed by atoms with Gasteiger partial charge in [-0.2, -0.15) is 0 Å². The van der Waals surface area contributed by atoms with Crippen LogP contribution in [0.4, 0.5) is 11.6 Å². The van der Waals surface area contributed by atoms with E-state index in [-0.39, 0.29) is 23.9 Å². The molecule has 2 aromatic heterocycles. The summed E-state index contributed by atoms with van der Waals surface area (Å²) in [6.07, 6.45) is 7.30. The van der Waals surface area contributed by atoms with Gasteiger partial charge in [0.2, 0.25) is 11.9 Å². The number of halogens is 1. The largest absolute Gasteiger partial charge is 0.361 e. The van der Waals surface area contributed by atoms with Gasteiger partial charge in [0.15, 0.2) is 0 Å². The van der Waals surface area contributed by atoms with Crippen molar-refractivity contribution in [3.05, 3.63) is 64.7 Å². The molecule has 0 spiro atoms. The lowest BCUT2D eigenvalue weighted by Gasteiger charge is -2.15. The lowest BCUT2D eigenvalue weighted by molar-refractivity contribution is -0.111. The zero-order valence-electron chi connectivity index (χ0n) is 21.9. The summed E-state index contributed by atoms with van der Waals surface area (Å²) in [6, 6.07) is 6.99. The maximum Gasteiger partial charge on any atom is 0.251 e. The predicted octanol–water partition coefficient (Wildman–Crippen LogP) is 4.22. The van der Waals surface area contributed by atoms with Crippen LogP contribution in [0.25, 0.3) is 11.3 Å². The van der Waals surface area contributed by atoms with E-state index in [1.807, 2.05) is 32.8 Å². The number of amides is 2. The molecule has 1 aliphatic carbocycles. The number of likely N-dealkylation sites (N-methyl/N-ethyl adjacent to an activating group) is 1. The first-order valence-electron chi connectivity index (χ1n) is 12.4. The minimum atomic E-state index is -0.211. The van der Waals surface area contributed by atoms with Gasteiger partial charge in [-0.05, 0) is 71.5 Å². The number of rotatable bonds is 9. The Labute approximate surface area is 226 Å². The Morgan fingerprint density at radius 1 is 1.16 bits per heavy atom. The number of aromatic nitrogens is 3. The van der Waals surface area contributed by atoms with Crippen molar-refractivity contribution < 1.29 is 14.1 Å². The van der Waals surface area contributed by atoms with Gasteiger partial charge in [-0.3, -0.25) is 9.59 Å². The van der Waals surface area contributed by atoms with Crippen molar-refractivity contribution in [2.75, 3.05) is 31.3 Å². The van der Waals surface area contributed by atoms with E-state index in [0.717, 1.165) is 24.8 Å². The quantitative estimate of drug-likeness (QED) is 0.346. The molecule has 200 valence electrons. The zero-order valence-corrected chi connectivity index (χ0v) is 22.7. The molecule has 3 N–H and O–H groups in total. The number of carbonyl (C=O) groups excluding carboxylic acids is 2. The van der Waals surface area contributed by atoms with E-state index < -0.39 is 0 Å². The van der Waals surface area contributed by atoms with Crippen LogP contribution in [0.1, 0.15) is 41.1 Å². The fourth-order valence-corrected chi connectivity index (χ4v) is 4.57. The number of hydrogen-bond donors (Lipinski definition) is 3. The van der Waals surface area contributed by atoms with Crippen molar-refractivity contribution in [1.82, 2.24) is 25.3 Å². The van der Waals surface area contributed by atoms with Crippen LogP contribution in [0.15, 0.2) is 47.1 Å². The molecule has 10 nitrogen and oxygen atoms in total. The molecule has 11 heteroatoms. The van der Waals surface area contributed by atoms with Crippen molar-refractivity contribution >= 4 is 35.1 Å². The second-order valence-corrected chi connectivity index (χ2v) is 10.1. The molecular formula is C27H32ClN7O3. The second-order valence-electron chi connectivity index (χ2n) is 9.65. The lowest BCUT2D eigenvalue weighted by Crippen LogP contribution is -2.34. The number of carbonyl (C=O) groups is 2. The van der Waals surface area contributed by atoms with Crippen molar-refractivity contribution in [3.63, 3.8) is 0 Å². The number of hydrogen-bond acceptors (Lipinski definition) is 8. The summed E-state index contributed by atoms with van der Waals surface area (Å²) in [5.74, 6) is 0.750. The van der Waals surface area contributed by atoms with E-state index in [1.165, 1.54) is 6.08 Å². The average molecular weight is 538 g/mol. The molecule has 0 aliphatic heterocycles. The number of anilines is 2. The molecule has 2 amide bonds. The molecule has 0 bridgehead atoms. The molecule has 4 rings (SSSR count). The average Bonchev–Trinajstić information content (AvgIpc) is 3.45. The summed E-state index contributed by atoms with van der Waals surface area (Å²) in [5, 5.41) is 13.7. The third kappa shape index (κ3) is 6.96. The van der Waals surface area contributed by atoms with Crippen molar-refractivity contribution in [1.29, 1.82) is 0 Å². The van der Waals surface area contributed by atoms with Crippen LogP contribution in [0.5, 0.6) is 0 Å². The Bertz CT molecular complexity index is 1300. The minimum Gasteiger partial charge on any atom is -0.361 e. The van der Waals surface area contributed by atoms with Crippen LogP contribution in [-0.4, -0.2) is 64.6 Å². The first-order valence-corrected chi connectivity index (χ1v) is 12.8. The Morgan fingerprint density at radius 2 is 1.89 bits per heavy atom. The summed E-state index contributed by atoms with van der Waals surface area (Å²) in [7, 11) is 3.86. The Kier molecular flexibility index (Phi) is 8.75. The third-order valence-electron chi connectivity index (χ3n) is 6.27. The van der Waals surface area contributed by atoms with Crippen LogP contribution in [0.3, 0.4) is 0 Å². The van der Waals surface area contributed by atoms with Crippen molar-refractivity contribution in [3.8, 4) is 11.3 Å². The normalized spacial score (nSPS) is 17.2. The van der Waals surface area contributed by atoms with E-state index in [0.29, 0.717) is 45.9 Å². The number of nitrogens with zero attached hydrogens (tertiary/aromatic N) is 4. The highest BCUT2D eigenvalue weighted by molar-refractivity contribution is 6.33. The number of aryl methyl sites for hydroxylation is 2. The van der Waals surface area contributed by atoms with E-state index in [1.54, 1.807) is 36.5 Å². The Morgan fingerprint density at radius 3 is 2.58 bits per heavy atom. The van der Waals surface area contributed by atoms with E-state index in [4.69, 9.17) is 16.1 Å². The van der Waals surface area contributed by atoms with Crippen molar-refractivity contribution in [2.45, 2.75) is 45.2 Å². The minimum absolute atomic E-state index is 0.0237. The van der Waals surface area contributed by atoms with Crippen LogP contribution >= 0.6 is 11.6 Å². The monoisotopic (exact) mass is 537 g/mol. The van der Waals surface area contributed by atoms with Gasteiger partial charge in [0.05, 0.1) is 28.2 Å². The highest BCUT2D eigenvalue weighted by Gasteiger charge is 2.27. The molecule has 2 heterocycles. The number of benzene rings is 1. The standard InChI is InChI=1S/C27H32ClN7O3/c1-16-24(17(2)38-34-16)25-22(28)15-29-27(33-25)32-21-12-11-20(14-21)31-26(37)18-7-9-19(10-8-18)30-23(36)6-5-13-35(3)4/h5-10,15,20-21H,11-14H2,1-4H3,(H,30,36)(H,31,37)(H,29,32,33)/t20-,21+/m1/s1. The SMILES string of the molecule is Cc1noc(C)c1-c1nc(N[C@H]2CC[C@@H](NC(=O)c3ccc(NC(=O)C=CCN(C)C)cc3)C2)ncc1Cl. The summed E-state index contributed by atoms with van der Waals surface area (Å²) >= 11 is 6.36. The van der Waals surface area contributed by atoms with E-state index in [9.17, 15) is 9.59 Å². The summed E-state index contributed by atoms with van der Waals surface area (Å²) in [5.41, 5.74) is 3.22. The van der Waals surface area contributed by atoms with E-state index in [2.05, 4.69) is 31.1 Å². The van der Waals surface area contributed by atoms with Gasteiger partial charge in [0, 0.05) is 36.0 Å². The van der Waals surface area contributed by atoms with Crippen LogP contribution in [0, 0.1) is 13.8 Å². The van der Waals surface area contributed by atoms with Gasteiger partial charge in [0.25, 0.3) is 5.91 Å². The molecule has 1 aliphatic rings. The molecule has 1 aromatic carbocycles. The first kappa shape index (κ1) is 27.3. The van der Waals surface area contributed by atoms with Crippen LogP contribution in [0.2, 0.25) is 5.02 Å². The van der Waals surface area contributed by atoms with E-state index >= 15 is 0 Å². The molecular weight excluding hydrogens is 506 g/mol. The maximum absolute atomic E-state index is 12.8. The predicted molar refractivity (Wildman–Crippen MR) is 147 cm³/mol. The third-order valence-corrected chi connectivity index (χ3v) is 6.55. The summed E-state index contributed by atoms with van der Waals surface area (Å²) < 4.78 is 5.26. The maximum atomic E-state index is 12.8. The molecule has 0 radical (unpaired) electrons. The summed E-state index contributed by atoms with van der Waals surface area (Å²) in [4.78, 5) is 35.7. The second kappa shape index (κ2) is 12.2. The fourth-order valence-electron chi connectivity index (χ4n) is 4.39. The van der Waals surface area contributed by atoms with Crippen LogP contribution in [-0.2, 0) is 4.79 Å². The molecule has 38 heavy (non-hydrogen) atoms. The van der Waals surface area contributed by atoms with Gasteiger partial charge in [0.1, 0.15) is 5.76 Å². The van der Waals surface area contributed by atoms with Crippen LogP contribution < -0.4 is 16.0 Å². The lowest BCUT2D eigenvalue weighted by atomic mass is 10.1. The highest BCUT2D eigenvalue weighted by Crippen LogP contribution is 2.32. The van der Waals surface area contributed by atoms with Gasteiger partial charge in [-0.1, -0.05) is 22.8 Å². The van der Waals surface area contributed by atoms with Gasteiger partial charge in [-0.15, -0.1) is 0 Å². The Hall–Kier alpha value is -3.76. The summed E-state index contributed by atoms with van der Waals surface area (Å²) in [6.45, 7) is 4.34. The smallest absolute Gasteiger partial charge is 0.251 e. The Balaban J connectivity index is 1.30. The zero-order chi connectivity index (χ0) is 27.2. The topological polar surface area (TPSA) is 125 Å². The number of nitrogens with one attached hydrogen (secondary N) is 3. The van der Waals surface area contributed by atoms with Crippen molar-refractivity contribution in [2.24, 2.45) is 0 Å². The molecule has 1 saturated carbocycles. The fraction of sp³-hybridized carbons (Fsp3) is 0.370. The molecule has 3 aromatic rings. The van der Waals surface area contributed by atoms with Gasteiger partial charge < -0.3 is 25.4 Å². The highest BCUT2D eigenvalue weighted by atomic mass is 35.5. The molecule has 0 unspecified atom stereocenters. The molecule has 0 saturated heterocycles. The van der Waals surface area contributed by atoms with Gasteiger partial charge >= 0.3 is 0 Å². The molecule has 1 fully saturated rings. The molecule has 2 atom stereocenters.